The predicted molar refractivity (Wildman–Crippen MR) is 83.3 cm³/mol. The summed E-state index contributed by atoms with van der Waals surface area (Å²) < 4.78 is 0. The summed E-state index contributed by atoms with van der Waals surface area (Å²) in [4.78, 5) is 27.8. The first-order valence-corrected chi connectivity index (χ1v) is 7.57. The van der Waals surface area contributed by atoms with Gasteiger partial charge in [0.25, 0.3) is 11.7 Å². The fourth-order valence-corrected chi connectivity index (χ4v) is 3.36. The Morgan fingerprint density at radius 2 is 2.10 bits per heavy atom. The van der Waals surface area contributed by atoms with E-state index in [1.54, 1.807) is 6.07 Å². The predicted octanol–water partition coefficient (Wildman–Crippen LogP) is 2.01. The molecule has 112 valence electrons. The number of fused-ring (bicyclic) bond motifs is 1. The number of Topliss-reactive ketones (excluding diaryl/α,β-unsaturated/α-hetero) is 1. The highest BCUT2D eigenvalue weighted by molar-refractivity contribution is 6.52. The highest BCUT2D eigenvalue weighted by Crippen LogP contribution is 2.35. The molecule has 0 spiro atoms. The van der Waals surface area contributed by atoms with E-state index in [4.69, 9.17) is 11.6 Å². The lowest BCUT2D eigenvalue weighted by Crippen LogP contribution is -2.51. The van der Waals surface area contributed by atoms with Crippen LogP contribution in [-0.2, 0) is 4.79 Å². The lowest BCUT2D eigenvalue weighted by atomic mass is 10.1. The van der Waals surface area contributed by atoms with Crippen LogP contribution in [0.3, 0.4) is 0 Å². The number of ketones is 1. The standard InChI is InChI=1S/C15H18ClN3O2/c1-3-18-4-5-19(8-9(18)2)13-7-12-10(6-11(13)16)14(20)15(21)17-12/h6-7,9H,3-5,8H2,1-2H3,(H,17,20,21). The van der Waals surface area contributed by atoms with Gasteiger partial charge in [-0.3, -0.25) is 14.5 Å². The number of carbonyl (C=O) groups excluding carboxylic acids is 2. The van der Waals surface area contributed by atoms with Crippen molar-refractivity contribution in [1.29, 1.82) is 0 Å². The van der Waals surface area contributed by atoms with Crippen LogP contribution in [0.25, 0.3) is 0 Å². The summed E-state index contributed by atoms with van der Waals surface area (Å²) in [7, 11) is 0. The number of hydrogen-bond acceptors (Lipinski definition) is 4. The van der Waals surface area contributed by atoms with Crippen LogP contribution >= 0.6 is 11.6 Å². The maximum Gasteiger partial charge on any atom is 0.296 e. The second-order valence-corrected chi connectivity index (χ2v) is 5.96. The molecular formula is C15H18ClN3O2. The second-order valence-electron chi connectivity index (χ2n) is 5.56. The number of nitrogens with zero attached hydrogens (tertiary/aromatic N) is 2. The van der Waals surface area contributed by atoms with Crippen LogP contribution < -0.4 is 10.2 Å². The number of amides is 1. The van der Waals surface area contributed by atoms with Gasteiger partial charge in [0.05, 0.1) is 22.0 Å². The summed E-state index contributed by atoms with van der Waals surface area (Å²) in [6.45, 7) is 8.15. The number of hydrogen-bond donors (Lipinski definition) is 1. The van der Waals surface area contributed by atoms with Crippen LogP contribution in [0.5, 0.6) is 0 Å². The Bertz CT molecular complexity index is 617. The molecule has 1 saturated heterocycles. The molecule has 0 bridgehead atoms. The normalized spacial score (nSPS) is 22.4. The maximum absolute atomic E-state index is 11.7. The van der Waals surface area contributed by atoms with E-state index in [1.165, 1.54) is 0 Å². The summed E-state index contributed by atoms with van der Waals surface area (Å²) in [5.74, 6) is -1.09. The van der Waals surface area contributed by atoms with Gasteiger partial charge in [0.15, 0.2) is 0 Å². The van der Waals surface area contributed by atoms with Gasteiger partial charge >= 0.3 is 0 Å². The summed E-state index contributed by atoms with van der Waals surface area (Å²) in [5.41, 5.74) is 1.82. The van der Waals surface area contributed by atoms with Crippen molar-refractivity contribution in [2.75, 3.05) is 36.4 Å². The first-order valence-electron chi connectivity index (χ1n) is 7.19. The zero-order valence-corrected chi connectivity index (χ0v) is 12.9. The van der Waals surface area contributed by atoms with Gasteiger partial charge in [-0.25, -0.2) is 0 Å². The summed E-state index contributed by atoms with van der Waals surface area (Å²) in [5, 5.41) is 3.12. The molecule has 1 amide bonds. The average Bonchev–Trinajstić information content (AvgIpc) is 2.73. The van der Waals surface area contributed by atoms with Gasteiger partial charge in [-0.05, 0) is 25.6 Å². The zero-order chi connectivity index (χ0) is 15.1. The Morgan fingerprint density at radius 1 is 1.33 bits per heavy atom. The van der Waals surface area contributed by atoms with E-state index in [0.29, 0.717) is 22.3 Å². The fourth-order valence-electron chi connectivity index (χ4n) is 3.08. The Hall–Kier alpha value is -1.59. The van der Waals surface area contributed by atoms with Crippen LogP contribution in [0.1, 0.15) is 24.2 Å². The summed E-state index contributed by atoms with van der Waals surface area (Å²) in [6.07, 6.45) is 0. The molecule has 1 unspecified atom stereocenters. The molecule has 1 atom stereocenters. The van der Waals surface area contributed by atoms with E-state index >= 15 is 0 Å². The number of benzene rings is 1. The third-order valence-corrected chi connectivity index (χ3v) is 4.60. The van der Waals surface area contributed by atoms with E-state index in [1.807, 2.05) is 6.07 Å². The van der Waals surface area contributed by atoms with Crippen molar-refractivity contribution in [2.45, 2.75) is 19.9 Å². The average molecular weight is 308 g/mol. The van der Waals surface area contributed by atoms with Crippen LogP contribution in [0.15, 0.2) is 12.1 Å². The van der Waals surface area contributed by atoms with Crippen molar-refractivity contribution in [2.24, 2.45) is 0 Å². The molecule has 0 saturated carbocycles. The lowest BCUT2D eigenvalue weighted by Gasteiger charge is -2.40. The third kappa shape index (κ3) is 2.40. The molecule has 2 aliphatic heterocycles. The van der Waals surface area contributed by atoms with Crippen molar-refractivity contribution < 1.29 is 9.59 Å². The maximum atomic E-state index is 11.7. The number of likely N-dealkylation sites (N-methyl/N-ethyl adjacent to an activating group) is 1. The van der Waals surface area contributed by atoms with E-state index in [9.17, 15) is 9.59 Å². The molecule has 1 aromatic carbocycles. The van der Waals surface area contributed by atoms with Crippen molar-refractivity contribution in [1.82, 2.24) is 4.90 Å². The SMILES string of the molecule is CCN1CCN(c2cc3c(cc2Cl)C(=O)C(=O)N3)CC1C. The van der Waals surface area contributed by atoms with E-state index < -0.39 is 11.7 Å². The van der Waals surface area contributed by atoms with Gasteiger partial charge in [-0.15, -0.1) is 0 Å². The smallest absolute Gasteiger partial charge is 0.296 e. The van der Waals surface area contributed by atoms with Crippen LogP contribution in [0.4, 0.5) is 11.4 Å². The zero-order valence-electron chi connectivity index (χ0n) is 12.1. The lowest BCUT2D eigenvalue weighted by molar-refractivity contribution is -0.112. The Kier molecular flexibility index (Phi) is 3.63. The number of piperazine rings is 1. The Labute approximate surface area is 128 Å². The second kappa shape index (κ2) is 5.31. The minimum absolute atomic E-state index is 0.369. The molecule has 1 N–H and O–H groups in total. The highest BCUT2D eigenvalue weighted by atomic mass is 35.5. The van der Waals surface area contributed by atoms with Gasteiger partial charge in [-0.2, -0.15) is 0 Å². The Balaban J connectivity index is 1.89. The number of carbonyl (C=O) groups is 2. The largest absolute Gasteiger partial charge is 0.367 e. The van der Waals surface area contributed by atoms with Gasteiger partial charge < -0.3 is 10.2 Å². The van der Waals surface area contributed by atoms with Crippen LogP contribution in [0, 0.1) is 0 Å². The molecular weight excluding hydrogens is 290 g/mol. The molecule has 2 aliphatic rings. The van der Waals surface area contributed by atoms with Crippen LogP contribution in [0.2, 0.25) is 5.02 Å². The molecule has 2 heterocycles. The summed E-state index contributed by atoms with van der Waals surface area (Å²) >= 11 is 6.33. The molecule has 21 heavy (non-hydrogen) atoms. The molecule has 1 fully saturated rings. The van der Waals surface area contributed by atoms with Gasteiger partial charge in [0.1, 0.15) is 0 Å². The van der Waals surface area contributed by atoms with Gasteiger partial charge in [-0.1, -0.05) is 18.5 Å². The highest BCUT2D eigenvalue weighted by Gasteiger charge is 2.31. The molecule has 0 aliphatic carbocycles. The minimum atomic E-state index is -0.581. The molecule has 1 aromatic rings. The molecule has 6 heteroatoms. The monoisotopic (exact) mass is 307 g/mol. The summed E-state index contributed by atoms with van der Waals surface area (Å²) in [6, 6.07) is 3.86. The Morgan fingerprint density at radius 3 is 2.76 bits per heavy atom. The number of anilines is 2. The van der Waals surface area contributed by atoms with Crippen LogP contribution in [-0.4, -0.2) is 48.8 Å². The van der Waals surface area contributed by atoms with E-state index in [2.05, 4.69) is 29.0 Å². The number of nitrogens with one attached hydrogen (secondary N) is 1. The molecule has 5 nitrogen and oxygen atoms in total. The van der Waals surface area contributed by atoms with E-state index in [-0.39, 0.29) is 0 Å². The number of rotatable bonds is 2. The van der Waals surface area contributed by atoms with E-state index in [0.717, 1.165) is 31.9 Å². The third-order valence-electron chi connectivity index (χ3n) is 4.30. The topological polar surface area (TPSA) is 52.7 Å². The first-order chi connectivity index (χ1) is 10.0. The minimum Gasteiger partial charge on any atom is -0.367 e. The fraction of sp³-hybridized carbons (Fsp3) is 0.467. The number of halogens is 1. The molecule has 3 rings (SSSR count). The molecule has 0 aromatic heterocycles. The quantitative estimate of drug-likeness (QED) is 0.849. The van der Waals surface area contributed by atoms with Crippen molar-refractivity contribution in [3.63, 3.8) is 0 Å². The van der Waals surface area contributed by atoms with Crippen molar-refractivity contribution in [3.8, 4) is 0 Å². The first kappa shape index (κ1) is 14.4. The van der Waals surface area contributed by atoms with Gasteiger partial charge in [0.2, 0.25) is 0 Å². The molecule has 0 radical (unpaired) electrons. The van der Waals surface area contributed by atoms with Crippen molar-refractivity contribution >= 4 is 34.7 Å². The van der Waals surface area contributed by atoms with Gasteiger partial charge in [0, 0.05) is 25.7 Å². The van der Waals surface area contributed by atoms with Crippen molar-refractivity contribution in [3.05, 3.63) is 22.7 Å².